The van der Waals surface area contributed by atoms with Crippen molar-refractivity contribution in [2.75, 3.05) is 13.1 Å². The van der Waals surface area contributed by atoms with E-state index in [1.807, 2.05) is 0 Å². The van der Waals surface area contributed by atoms with Crippen LogP contribution in [0.4, 0.5) is 9.59 Å². The summed E-state index contributed by atoms with van der Waals surface area (Å²) in [5, 5.41) is 15.1. The number of carbonyl (C=O) groups excluding carboxylic acids is 2. The van der Waals surface area contributed by atoms with Gasteiger partial charge in [0.15, 0.2) is 0 Å². The van der Waals surface area contributed by atoms with Crippen LogP contribution in [0.5, 0.6) is 0 Å². The standard InChI is InChI=1S/C9H8ClN3O4/c10-8(14)13(16)4-3-12(9(13)15)11-6-7-2-1-5-17-7/h1-2,5-6H,3-4H2. The van der Waals surface area contributed by atoms with E-state index in [0.717, 1.165) is 5.01 Å². The maximum absolute atomic E-state index is 11.7. The lowest BCUT2D eigenvalue weighted by molar-refractivity contribution is -0.695. The molecule has 0 bridgehead atoms. The van der Waals surface area contributed by atoms with E-state index in [0.29, 0.717) is 5.76 Å². The Bertz CT molecular complexity index is 473. The number of carbonyl (C=O) groups is 2. The number of urea groups is 1. The van der Waals surface area contributed by atoms with Crippen molar-refractivity contribution in [3.05, 3.63) is 29.4 Å². The molecule has 1 fully saturated rings. The summed E-state index contributed by atoms with van der Waals surface area (Å²) in [4.78, 5) is 22.4. The number of halogens is 1. The highest BCUT2D eigenvalue weighted by Crippen LogP contribution is 2.21. The molecule has 0 aromatic carbocycles. The van der Waals surface area contributed by atoms with Crippen molar-refractivity contribution in [2.24, 2.45) is 5.10 Å². The Morgan fingerprint density at radius 2 is 2.47 bits per heavy atom. The summed E-state index contributed by atoms with van der Waals surface area (Å²) in [6, 6.07) is 2.30. The van der Waals surface area contributed by atoms with E-state index in [4.69, 9.17) is 16.0 Å². The smallest absolute Gasteiger partial charge is 0.448 e. The van der Waals surface area contributed by atoms with Gasteiger partial charge in [0.25, 0.3) is 0 Å². The molecule has 0 N–H and O–H groups in total. The summed E-state index contributed by atoms with van der Waals surface area (Å²) in [5.41, 5.74) is 0. The Hall–Kier alpha value is -1.70. The van der Waals surface area contributed by atoms with Crippen LogP contribution in [-0.4, -0.2) is 40.4 Å². The molecule has 2 rings (SSSR count). The van der Waals surface area contributed by atoms with Crippen LogP contribution in [0.1, 0.15) is 5.76 Å². The average Bonchev–Trinajstić information content (AvgIpc) is 2.88. The van der Waals surface area contributed by atoms with Gasteiger partial charge in [-0.15, -0.1) is 0 Å². The van der Waals surface area contributed by atoms with Crippen LogP contribution in [0.2, 0.25) is 0 Å². The number of quaternary nitrogens is 1. The summed E-state index contributed by atoms with van der Waals surface area (Å²) >= 11 is 5.09. The SMILES string of the molecule is O=C(Cl)[N+]1([O-])CCN(N=Cc2ccco2)C1=O. The van der Waals surface area contributed by atoms with Crippen molar-refractivity contribution in [1.29, 1.82) is 0 Å². The van der Waals surface area contributed by atoms with Crippen molar-refractivity contribution in [1.82, 2.24) is 5.01 Å². The third kappa shape index (κ3) is 2.07. The van der Waals surface area contributed by atoms with Crippen LogP contribution in [0.15, 0.2) is 27.9 Å². The van der Waals surface area contributed by atoms with E-state index in [1.165, 1.54) is 12.5 Å². The van der Waals surface area contributed by atoms with E-state index in [2.05, 4.69) is 5.10 Å². The van der Waals surface area contributed by atoms with Crippen molar-refractivity contribution < 1.29 is 18.7 Å². The third-order valence-corrected chi connectivity index (χ3v) is 2.58. The molecule has 17 heavy (non-hydrogen) atoms. The molecule has 8 heteroatoms. The molecule has 0 radical (unpaired) electrons. The van der Waals surface area contributed by atoms with Crippen LogP contribution in [0.25, 0.3) is 0 Å². The number of hydrogen-bond donors (Lipinski definition) is 0. The van der Waals surface area contributed by atoms with Gasteiger partial charge in [-0.3, -0.25) is 0 Å². The van der Waals surface area contributed by atoms with Gasteiger partial charge in [-0.2, -0.15) is 14.8 Å². The molecular formula is C9H8ClN3O4. The number of nitrogens with zero attached hydrogens (tertiary/aromatic N) is 3. The van der Waals surface area contributed by atoms with Gasteiger partial charge in [0, 0.05) is 11.6 Å². The highest BCUT2D eigenvalue weighted by Gasteiger charge is 2.45. The van der Waals surface area contributed by atoms with E-state index in [-0.39, 0.29) is 13.1 Å². The zero-order valence-corrected chi connectivity index (χ0v) is 9.33. The second-order valence-corrected chi connectivity index (χ2v) is 3.71. The molecule has 0 spiro atoms. The van der Waals surface area contributed by atoms with E-state index >= 15 is 0 Å². The maximum Gasteiger partial charge on any atom is 0.448 e. The molecule has 1 unspecified atom stereocenters. The van der Waals surface area contributed by atoms with Crippen LogP contribution in [0.3, 0.4) is 0 Å². The number of furan rings is 1. The molecular weight excluding hydrogens is 250 g/mol. The van der Waals surface area contributed by atoms with Gasteiger partial charge in [-0.25, -0.2) is 9.59 Å². The molecule has 1 aromatic heterocycles. The van der Waals surface area contributed by atoms with Gasteiger partial charge in [0.05, 0.1) is 12.5 Å². The summed E-state index contributed by atoms with van der Waals surface area (Å²) < 4.78 is 3.25. The van der Waals surface area contributed by atoms with Crippen molar-refractivity contribution in [3.8, 4) is 0 Å². The molecule has 7 nitrogen and oxygen atoms in total. The minimum atomic E-state index is -1.71. The van der Waals surface area contributed by atoms with Crippen molar-refractivity contribution >= 4 is 29.2 Å². The molecule has 1 saturated heterocycles. The minimum Gasteiger partial charge on any atom is -0.615 e. The summed E-state index contributed by atoms with van der Waals surface area (Å²) in [6.45, 7) is -0.200. The number of amides is 3. The largest absolute Gasteiger partial charge is 0.615 e. The fourth-order valence-corrected chi connectivity index (χ4v) is 1.53. The van der Waals surface area contributed by atoms with Crippen LogP contribution >= 0.6 is 11.6 Å². The molecule has 0 saturated carbocycles. The van der Waals surface area contributed by atoms with Gasteiger partial charge in [-0.05, 0) is 12.1 Å². The monoisotopic (exact) mass is 257 g/mol. The molecule has 1 aliphatic rings. The zero-order valence-electron chi connectivity index (χ0n) is 8.58. The van der Waals surface area contributed by atoms with Crippen LogP contribution < -0.4 is 0 Å². The quantitative estimate of drug-likeness (QED) is 0.265. The first kappa shape index (κ1) is 11.8. The number of imide groups is 1. The fourth-order valence-electron chi connectivity index (χ4n) is 1.37. The number of rotatable bonds is 2. The van der Waals surface area contributed by atoms with E-state index in [9.17, 15) is 14.8 Å². The molecule has 3 amide bonds. The summed E-state index contributed by atoms with van der Waals surface area (Å²) in [6.07, 6.45) is 2.73. The van der Waals surface area contributed by atoms with Crippen LogP contribution in [0, 0.1) is 5.21 Å². The second-order valence-electron chi connectivity index (χ2n) is 3.38. The Labute approximate surface area is 101 Å². The molecule has 90 valence electrons. The van der Waals surface area contributed by atoms with Gasteiger partial charge >= 0.3 is 11.4 Å². The van der Waals surface area contributed by atoms with Gasteiger partial charge < -0.3 is 9.62 Å². The first-order chi connectivity index (χ1) is 8.04. The first-order valence-corrected chi connectivity index (χ1v) is 5.10. The Balaban J connectivity index is 2.11. The summed E-state index contributed by atoms with van der Waals surface area (Å²) in [7, 11) is 0. The summed E-state index contributed by atoms with van der Waals surface area (Å²) in [5.74, 6) is 0.436. The fraction of sp³-hybridized carbons (Fsp3) is 0.222. The topological polar surface area (TPSA) is 85.9 Å². The zero-order chi connectivity index (χ0) is 12.5. The predicted octanol–water partition coefficient (Wildman–Crippen LogP) is 1.72. The molecule has 1 aromatic rings. The van der Waals surface area contributed by atoms with Gasteiger partial charge in [-0.1, -0.05) is 0 Å². The van der Waals surface area contributed by atoms with Gasteiger partial charge in [0.1, 0.15) is 18.8 Å². The number of hydrazone groups is 1. The Kier molecular flexibility index (Phi) is 2.97. The van der Waals surface area contributed by atoms with E-state index < -0.39 is 16.0 Å². The highest BCUT2D eigenvalue weighted by molar-refractivity contribution is 6.61. The Morgan fingerprint density at radius 1 is 1.71 bits per heavy atom. The minimum absolute atomic E-state index is 0.0397. The highest BCUT2D eigenvalue weighted by atomic mass is 35.5. The van der Waals surface area contributed by atoms with E-state index in [1.54, 1.807) is 12.1 Å². The molecule has 1 atom stereocenters. The molecule has 1 aliphatic heterocycles. The van der Waals surface area contributed by atoms with Crippen molar-refractivity contribution in [3.63, 3.8) is 0 Å². The maximum atomic E-state index is 11.7. The lowest BCUT2D eigenvalue weighted by atomic mass is 10.5. The lowest BCUT2D eigenvalue weighted by Gasteiger charge is -2.27. The Morgan fingerprint density at radius 3 is 3.00 bits per heavy atom. The van der Waals surface area contributed by atoms with Gasteiger partial charge in [0.2, 0.25) is 0 Å². The second kappa shape index (κ2) is 4.28. The third-order valence-electron chi connectivity index (χ3n) is 2.31. The molecule has 0 aliphatic carbocycles. The van der Waals surface area contributed by atoms with Crippen molar-refractivity contribution in [2.45, 2.75) is 0 Å². The predicted molar refractivity (Wildman–Crippen MR) is 58.1 cm³/mol. The average molecular weight is 258 g/mol. The normalized spacial score (nSPS) is 24.8. The first-order valence-electron chi connectivity index (χ1n) is 4.73. The molecule has 2 heterocycles. The van der Waals surface area contributed by atoms with Crippen LogP contribution in [-0.2, 0) is 0 Å². The number of hydroxylamine groups is 3. The lowest BCUT2D eigenvalue weighted by Crippen LogP contribution is -2.46. The number of hydrogen-bond acceptors (Lipinski definition) is 5.